The van der Waals surface area contributed by atoms with Gasteiger partial charge < -0.3 is 19.2 Å². The van der Waals surface area contributed by atoms with E-state index in [4.69, 9.17) is 13.9 Å². The fourth-order valence-electron chi connectivity index (χ4n) is 2.21. The minimum absolute atomic E-state index is 0.672. The van der Waals surface area contributed by atoms with Crippen molar-refractivity contribution in [1.29, 1.82) is 0 Å². The van der Waals surface area contributed by atoms with Gasteiger partial charge in [-0.05, 0) is 36.2 Å². The molecule has 0 atom stereocenters. The molecule has 1 aromatic carbocycles. The summed E-state index contributed by atoms with van der Waals surface area (Å²) in [5.41, 5.74) is 1.17. The molecule has 0 unspecified atom stereocenters. The summed E-state index contributed by atoms with van der Waals surface area (Å²) in [5.74, 6) is 2.57. The molecule has 2 aromatic rings. The summed E-state index contributed by atoms with van der Waals surface area (Å²) in [7, 11) is 1.66. The summed E-state index contributed by atoms with van der Waals surface area (Å²) < 4.78 is 16.5. The van der Waals surface area contributed by atoms with Gasteiger partial charge >= 0.3 is 0 Å². The quantitative estimate of drug-likeness (QED) is 0.542. The van der Waals surface area contributed by atoms with Crippen LogP contribution < -0.4 is 14.8 Å². The fraction of sp³-hybridized carbons (Fsp3) is 0.333. The van der Waals surface area contributed by atoms with Crippen LogP contribution in [0, 0.1) is 0 Å². The van der Waals surface area contributed by atoms with Gasteiger partial charge in [-0.2, -0.15) is 0 Å². The predicted octanol–water partition coefficient (Wildman–Crippen LogP) is 2.55. The molecule has 2 rings (SSSR count). The number of furan rings is 1. The molecule has 0 aliphatic carbocycles. The highest BCUT2D eigenvalue weighted by Gasteiger charge is 2.05. The number of allylic oxidation sites excluding steroid dienone is 1. The van der Waals surface area contributed by atoms with Gasteiger partial charge in [-0.15, -0.1) is 6.58 Å². The maximum atomic E-state index is 5.80. The molecule has 22 heavy (non-hydrogen) atoms. The zero-order valence-electron chi connectivity index (χ0n) is 13.1. The van der Waals surface area contributed by atoms with Crippen LogP contribution in [-0.4, -0.2) is 20.3 Å². The maximum absolute atomic E-state index is 5.80. The van der Waals surface area contributed by atoms with E-state index in [0.29, 0.717) is 6.61 Å². The van der Waals surface area contributed by atoms with Crippen molar-refractivity contribution in [1.82, 2.24) is 0 Å². The molecule has 118 valence electrons. The van der Waals surface area contributed by atoms with Crippen molar-refractivity contribution in [3.8, 4) is 11.5 Å². The minimum atomic E-state index is 0.672. The lowest BCUT2D eigenvalue weighted by molar-refractivity contribution is -0.672. The first-order valence-corrected chi connectivity index (χ1v) is 7.58. The molecule has 0 spiro atoms. The molecule has 4 nitrogen and oxygen atoms in total. The molecule has 0 amide bonds. The Bertz CT molecular complexity index is 564. The second-order valence-corrected chi connectivity index (χ2v) is 5.04. The SMILES string of the molecule is C=CCc1ccc(OCCC[NH2+]Cc2ccco2)c(OC)c1. The van der Waals surface area contributed by atoms with Crippen molar-refractivity contribution in [2.24, 2.45) is 0 Å². The van der Waals surface area contributed by atoms with Crippen LogP contribution in [-0.2, 0) is 13.0 Å². The molecule has 4 heteroatoms. The third-order valence-corrected chi connectivity index (χ3v) is 3.34. The average molecular weight is 302 g/mol. The van der Waals surface area contributed by atoms with Gasteiger partial charge in [-0.1, -0.05) is 12.1 Å². The lowest BCUT2D eigenvalue weighted by Crippen LogP contribution is -2.82. The van der Waals surface area contributed by atoms with Gasteiger partial charge in [0.1, 0.15) is 6.54 Å². The highest BCUT2D eigenvalue weighted by atomic mass is 16.5. The Morgan fingerprint density at radius 1 is 1.27 bits per heavy atom. The molecule has 2 N–H and O–H groups in total. The van der Waals surface area contributed by atoms with Gasteiger partial charge in [0.2, 0.25) is 0 Å². The Morgan fingerprint density at radius 2 is 2.18 bits per heavy atom. The monoisotopic (exact) mass is 302 g/mol. The molecule has 1 aromatic heterocycles. The van der Waals surface area contributed by atoms with Crippen molar-refractivity contribution in [3.63, 3.8) is 0 Å². The van der Waals surface area contributed by atoms with Crippen LogP contribution >= 0.6 is 0 Å². The largest absolute Gasteiger partial charge is 0.493 e. The van der Waals surface area contributed by atoms with Crippen molar-refractivity contribution < 1.29 is 19.2 Å². The Labute approximate surface area is 131 Å². The topological polar surface area (TPSA) is 48.2 Å². The minimum Gasteiger partial charge on any atom is -0.493 e. The second-order valence-electron chi connectivity index (χ2n) is 5.04. The first kappa shape index (κ1) is 16.2. The van der Waals surface area contributed by atoms with Crippen LogP contribution in [0.25, 0.3) is 0 Å². The zero-order chi connectivity index (χ0) is 15.6. The molecule has 0 aliphatic heterocycles. The third-order valence-electron chi connectivity index (χ3n) is 3.34. The van der Waals surface area contributed by atoms with E-state index in [-0.39, 0.29) is 0 Å². The zero-order valence-corrected chi connectivity index (χ0v) is 13.1. The van der Waals surface area contributed by atoms with E-state index in [2.05, 4.69) is 11.9 Å². The van der Waals surface area contributed by atoms with Crippen LogP contribution in [0.3, 0.4) is 0 Å². The van der Waals surface area contributed by atoms with Crippen LogP contribution in [0.5, 0.6) is 11.5 Å². The number of ether oxygens (including phenoxy) is 2. The summed E-state index contributed by atoms with van der Waals surface area (Å²) in [4.78, 5) is 0. The Kier molecular flexibility index (Phi) is 6.58. The van der Waals surface area contributed by atoms with Crippen molar-refractivity contribution in [2.75, 3.05) is 20.3 Å². The number of rotatable bonds is 10. The highest BCUT2D eigenvalue weighted by Crippen LogP contribution is 2.28. The summed E-state index contributed by atoms with van der Waals surface area (Å²) >= 11 is 0. The van der Waals surface area contributed by atoms with Crippen molar-refractivity contribution in [2.45, 2.75) is 19.4 Å². The van der Waals surface area contributed by atoms with E-state index in [1.807, 2.05) is 36.4 Å². The van der Waals surface area contributed by atoms with Crippen LogP contribution in [0.2, 0.25) is 0 Å². The van der Waals surface area contributed by atoms with E-state index < -0.39 is 0 Å². The number of nitrogens with two attached hydrogens (primary N) is 1. The normalized spacial score (nSPS) is 10.4. The van der Waals surface area contributed by atoms with Gasteiger partial charge in [-0.25, -0.2) is 0 Å². The smallest absolute Gasteiger partial charge is 0.161 e. The summed E-state index contributed by atoms with van der Waals surface area (Å²) in [5, 5.41) is 2.21. The van der Waals surface area contributed by atoms with E-state index in [1.165, 1.54) is 5.56 Å². The lowest BCUT2D eigenvalue weighted by Gasteiger charge is -2.11. The molecule has 1 heterocycles. The molecule has 0 saturated carbocycles. The third kappa shape index (κ3) is 4.97. The molecule has 0 saturated heterocycles. The van der Waals surface area contributed by atoms with Crippen LogP contribution in [0.4, 0.5) is 0 Å². The lowest BCUT2D eigenvalue weighted by atomic mass is 10.1. The first-order valence-electron chi connectivity index (χ1n) is 7.58. The molecule has 0 bridgehead atoms. The van der Waals surface area contributed by atoms with Crippen molar-refractivity contribution >= 4 is 0 Å². The Morgan fingerprint density at radius 3 is 2.91 bits per heavy atom. The highest BCUT2D eigenvalue weighted by molar-refractivity contribution is 5.43. The van der Waals surface area contributed by atoms with Gasteiger partial charge in [0, 0.05) is 6.42 Å². The van der Waals surface area contributed by atoms with Crippen molar-refractivity contribution in [3.05, 3.63) is 60.6 Å². The Hall–Kier alpha value is -2.20. The summed E-state index contributed by atoms with van der Waals surface area (Å²) in [6.45, 7) is 6.29. The number of quaternary nitrogens is 1. The summed E-state index contributed by atoms with van der Waals surface area (Å²) in [6.07, 6.45) is 5.38. The van der Waals surface area contributed by atoms with E-state index in [9.17, 15) is 0 Å². The van der Waals surface area contributed by atoms with E-state index >= 15 is 0 Å². The number of benzene rings is 1. The van der Waals surface area contributed by atoms with Gasteiger partial charge in [-0.3, -0.25) is 0 Å². The number of hydrogen-bond acceptors (Lipinski definition) is 3. The molecule has 0 radical (unpaired) electrons. The maximum Gasteiger partial charge on any atom is 0.161 e. The standard InChI is InChI=1S/C18H23NO3/c1-3-6-15-8-9-17(18(13-15)20-2)22-12-5-10-19-14-16-7-4-11-21-16/h3-4,7-9,11,13,19H,1,5-6,10,12,14H2,2H3/p+1. The number of hydrogen-bond donors (Lipinski definition) is 1. The number of methoxy groups -OCH3 is 1. The van der Waals surface area contributed by atoms with E-state index in [1.54, 1.807) is 13.4 Å². The first-order chi connectivity index (χ1) is 10.8. The molecular weight excluding hydrogens is 278 g/mol. The van der Waals surface area contributed by atoms with Crippen LogP contribution in [0.15, 0.2) is 53.7 Å². The molecule has 0 aliphatic rings. The second kappa shape index (κ2) is 8.95. The van der Waals surface area contributed by atoms with E-state index in [0.717, 1.165) is 43.2 Å². The summed E-state index contributed by atoms with van der Waals surface area (Å²) in [6, 6.07) is 9.91. The predicted molar refractivity (Wildman–Crippen MR) is 86.2 cm³/mol. The van der Waals surface area contributed by atoms with Gasteiger partial charge in [0.15, 0.2) is 17.3 Å². The molecular formula is C18H24NO3+. The Balaban J connectivity index is 1.70. The van der Waals surface area contributed by atoms with Gasteiger partial charge in [0.05, 0.1) is 26.5 Å². The molecule has 0 fully saturated rings. The fourth-order valence-corrected chi connectivity index (χ4v) is 2.21. The van der Waals surface area contributed by atoms with Crippen LogP contribution in [0.1, 0.15) is 17.7 Å². The average Bonchev–Trinajstić information content (AvgIpc) is 3.05. The van der Waals surface area contributed by atoms with Gasteiger partial charge in [0.25, 0.3) is 0 Å².